The van der Waals surface area contributed by atoms with Crippen molar-refractivity contribution in [3.63, 3.8) is 0 Å². The molecule has 0 aliphatic heterocycles. The Hall–Kier alpha value is -3.49. The van der Waals surface area contributed by atoms with Gasteiger partial charge >= 0.3 is 0 Å². The van der Waals surface area contributed by atoms with E-state index in [0.29, 0.717) is 29.7 Å². The fraction of sp³-hybridized carbons (Fsp3) is 0.0909. The number of rotatable bonds is 7. The van der Waals surface area contributed by atoms with Gasteiger partial charge in [-0.1, -0.05) is 42.5 Å². The molecule has 7 nitrogen and oxygen atoms in total. The zero-order valence-corrected chi connectivity index (χ0v) is 16.9. The first-order chi connectivity index (χ1) is 14.2. The van der Waals surface area contributed by atoms with E-state index < -0.39 is 10.0 Å². The Bertz CT molecular complexity index is 1190. The Balaban J connectivity index is 1.62. The molecule has 0 spiro atoms. The van der Waals surface area contributed by atoms with Crippen LogP contribution in [0.3, 0.4) is 0 Å². The molecule has 30 heavy (non-hydrogen) atoms. The third-order valence-electron chi connectivity index (χ3n) is 4.54. The molecule has 0 heterocycles. The number of carbonyl (C=O) groups excluding carboxylic acids is 1. The van der Waals surface area contributed by atoms with Crippen LogP contribution >= 0.6 is 0 Å². The summed E-state index contributed by atoms with van der Waals surface area (Å²) in [5.74, 6) is -0.136. The quantitative estimate of drug-likeness (QED) is 0.343. The molecule has 0 radical (unpaired) electrons. The molecule has 0 saturated carbocycles. The first-order valence-electron chi connectivity index (χ1n) is 9.19. The van der Waals surface area contributed by atoms with Gasteiger partial charge in [0.1, 0.15) is 5.84 Å². The molecule has 0 unspecified atom stereocenters. The maximum Gasteiger partial charge on any atom is 0.238 e. The molecule has 0 saturated heterocycles. The van der Waals surface area contributed by atoms with E-state index in [1.807, 2.05) is 12.1 Å². The van der Waals surface area contributed by atoms with Crippen LogP contribution in [0.4, 0.5) is 5.69 Å². The fourth-order valence-corrected chi connectivity index (χ4v) is 3.53. The van der Waals surface area contributed by atoms with Crippen molar-refractivity contribution in [2.75, 3.05) is 5.32 Å². The molecular weight excluding hydrogens is 400 g/mol. The minimum Gasteiger partial charge on any atom is -0.384 e. The number of benzene rings is 3. The van der Waals surface area contributed by atoms with Gasteiger partial charge in [0.2, 0.25) is 15.9 Å². The Kier molecular flexibility index (Phi) is 6.29. The Morgan fingerprint density at radius 2 is 1.63 bits per heavy atom. The topological polar surface area (TPSA) is 139 Å². The number of nitrogens with two attached hydrogens (primary N) is 2. The van der Waals surface area contributed by atoms with Crippen LogP contribution in [-0.2, 0) is 21.2 Å². The minimum atomic E-state index is -3.77. The normalized spacial score (nSPS) is 11.1. The van der Waals surface area contributed by atoms with E-state index >= 15 is 0 Å². The number of aryl methyl sites for hydroxylation is 1. The number of hydrogen-bond donors (Lipinski definition) is 4. The average molecular weight is 423 g/mol. The van der Waals surface area contributed by atoms with Gasteiger partial charge in [0.25, 0.3) is 0 Å². The Morgan fingerprint density at radius 1 is 0.933 bits per heavy atom. The molecule has 154 valence electrons. The summed E-state index contributed by atoms with van der Waals surface area (Å²) in [6.45, 7) is 0. The second-order valence-electron chi connectivity index (χ2n) is 6.81. The van der Waals surface area contributed by atoms with E-state index in [1.165, 1.54) is 12.1 Å². The lowest BCUT2D eigenvalue weighted by molar-refractivity contribution is -0.116. The highest BCUT2D eigenvalue weighted by molar-refractivity contribution is 7.89. The van der Waals surface area contributed by atoms with E-state index in [0.717, 1.165) is 11.1 Å². The van der Waals surface area contributed by atoms with Crippen molar-refractivity contribution >= 4 is 27.5 Å². The van der Waals surface area contributed by atoms with Gasteiger partial charge in [-0.25, -0.2) is 13.6 Å². The number of amidine groups is 1. The smallest absolute Gasteiger partial charge is 0.238 e. The van der Waals surface area contributed by atoms with Crippen LogP contribution in [-0.4, -0.2) is 20.2 Å². The summed E-state index contributed by atoms with van der Waals surface area (Å²) in [7, 11) is -3.77. The molecule has 0 aliphatic rings. The fourth-order valence-electron chi connectivity index (χ4n) is 2.97. The highest BCUT2D eigenvalue weighted by Gasteiger charge is 2.09. The molecule has 3 aromatic rings. The van der Waals surface area contributed by atoms with Crippen molar-refractivity contribution in [1.82, 2.24) is 0 Å². The molecule has 0 aromatic heterocycles. The van der Waals surface area contributed by atoms with Gasteiger partial charge in [0.05, 0.1) is 4.90 Å². The van der Waals surface area contributed by atoms with Crippen molar-refractivity contribution in [2.24, 2.45) is 10.9 Å². The number of anilines is 1. The van der Waals surface area contributed by atoms with Gasteiger partial charge in [0, 0.05) is 17.7 Å². The maximum absolute atomic E-state index is 12.3. The summed E-state index contributed by atoms with van der Waals surface area (Å²) in [5, 5.41) is 15.5. The summed E-state index contributed by atoms with van der Waals surface area (Å²) >= 11 is 0. The zero-order chi connectivity index (χ0) is 21.7. The van der Waals surface area contributed by atoms with E-state index in [4.69, 9.17) is 16.3 Å². The van der Waals surface area contributed by atoms with Gasteiger partial charge in [0.15, 0.2) is 0 Å². The summed E-state index contributed by atoms with van der Waals surface area (Å²) in [4.78, 5) is 12.3. The van der Waals surface area contributed by atoms with Gasteiger partial charge in [-0.2, -0.15) is 0 Å². The molecule has 3 aromatic carbocycles. The first-order valence-corrected chi connectivity index (χ1v) is 10.7. The molecular formula is C22H22N4O3S. The molecule has 0 aliphatic carbocycles. The molecule has 1 amide bonds. The third-order valence-corrected chi connectivity index (χ3v) is 5.45. The first kappa shape index (κ1) is 21.2. The van der Waals surface area contributed by atoms with Crippen LogP contribution in [0, 0.1) is 5.41 Å². The van der Waals surface area contributed by atoms with E-state index in [-0.39, 0.29) is 16.6 Å². The number of primary sulfonamides is 1. The second kappa shape index (κ2) is 8.89. The number of sulfonamides is 1. The third kappa shape index (κ3) is 5.53. The minimum absolute atomic E-state index is 0.00371. The molecule has 8 heteroatoms. The molecule has 0 fully saturated rings. The summed E-state index contributed by atoms with van der Waals surface area (Å²) in [6.07, 6.45) is 0.824. The average Bonchev–Trinajstić information content (AvgIpc) is 2.72. The largest absolute Gasteiger partial charge is 0.384 e. The summed E-state index contributed by atoms with van der Waals surface area (Å²) < 4.78 is 23.0. The summed E-state index contributed by atoms with van der Waals surface area (Å²) in [6, 6.07) is 20.8. The van der Waals surface area contributed by atoms with Gasteiger partial charge < -0.3 is 11.1 Å². The standard InChI is InChI=1S/C22H22N4O3S/c23-22(24)18-5-1-3-15(13-18)7-12-21(27)26-19-10-8-16(9-11-19)17-4-2-6-20(14-17)30(25,28)29/h1-6,8-11,13-14H,7,12H2,(H3,23,24)(H,26,27)(H2,25,28,29). The van der Waals surface area contributed by atoms with Crippen molar-refractivity contribution < 1.29 is 13.2 Å². The van der Waals surface area contributed by atoms with Crippen LogP contribution in [0.15, 0.2) is 77.7 Å². The highest BCUT2D eigenvalue weighted by atomic mass is 32.2. The lowest BCUT2D eigenvalue weighted by atomic mass is 10.0. The molecule has 0 bridgehead atoms. The van der Waals surface area contributed by atoms with Crippen LogP contribution < -0.4 is 16.2 Å². The van der Waals surface area contributed by atoms with Crippen LogP contribution in [0.5, 0.6) is 0 Å². The predicted molar refractivity (Wildman–Crippen MR) is 118 cm³/mol. The predicted octanol–water partition coefficient (Wildman–Crippen LogP) is 2.86. The number of amides is 1. The van der Waals surface area contributed by atoms with Crippen molar-refractivity contribution in [2.45, 2.75) is 17.7 Å². The molecule has 3 rings (SSSR count). The van der Waals surface area contributed by atoms with Gasteiger partial charge in [-0.3, -0.25) is 10.2 Å². The highest BCUT2D eigenvalue weighted by Crippen LogP contribution is 2.24. The SMILES string of the molecule is N=C(N)c1cccc(CCC(=O)Nc2ccc(-c3cccc(S(N)(=O)=O)c3)cc2)c1. The number of nitrogen functional groups attached to an aromatic ring is 1. The number of hydrogen-bond acceptors (Lipinski definition) is 4. The van der Waals surface area contributed by atoms with E-state index in [9.17, 15) is 13.2 Å². The van der Waals surface area contributed by atoms with Crippen LogP contribution in [0.25, 0.3) is 11.1 Å². The zero-order valence-electron chi connectivity index (χ0n) is 16.1. The molecule has 0 atom stereocenters. The van der Waals surface area contributed by atoms with Crippen LogP contribution in [0.1, 0.15) is 17.5 Å². The Labute approximate surface area is 175 Å². The van der Waals surface area contributed by atoms with E-state index in [1.54, 1.807) is 48.5 Å². The molecule has 6 N–H and O–H groups in total. The van der Waals surface area contributed by atoms with Crippen molar-refractivity contribution in [3.05, 3.63) is 83.9 Å². The van der Waals surface area contributed by atoms with E-state index in [2.05, 4.69) is 5.32 Å². The second-order valence-corrected chi connectivity index (χ2v) is 8.37. The van der Waals surface area contributed by atoms with Crippen LogP contribution in [0.2, 0.25) is 0 Å². The number of carbonyl (C=O) groups is 1. The van der Waals surface area contributed by atoms with Crippen molar-refractivity contribution in [3.8, 4) is 11.1 Å². The number of nitrogens with one attached hydrogen (secondary N) is 2. The van der Waals surface area contributed by atoms with Gasteiger partial charge in [-0.15, -0.1) is 0 Å². The maximum atomic E-state index is 12.3. The Morgan fingerprint density at radius 3 is 2.30 bits per heavy atom. The summed E-state index contributed by atoms with van der Waals surface area (Å²) in [5.41, 5.74) is 9.22. The lowest BCUT2D eigenvalue weighted by Crippen LogP contribution is -2.13. The van der Waals surface area contributed by atoms with Gasteiger partial charge in [-0.05, 0) is 53.4 Å². The lowest BCUT2D eigenvalue weighted by Gasteiger charge is -2.08. The van der Waals surface area contributed by atoms with Crippen molar-refractivity contribution in [1.29, 1.82) is 5.41 Å². The monoisotopic (exact) mass is 422 g/mol.